The van der Waals surface area contributed by atoms with Crippen LogP contribution in [-0.4, -0.2) is 30.6 Å². The van der Waals surface area contributed by atoms with E-state index < -0.39 is 35.7 Å². The fourth-order valence-corrected chi connectivity index (χ4v) is 4.12. The number of hydrogen-bond acceptors (Lipinski definition) is 4. The van der Waals surface area contributed by atoms with E-state index in [1.807, 2.05) is 0 Å². The van der Waals surface area contributed by atoms with Crippen molar-refractivity contribution in [2.24, 2.45) is 0 Å². The van der Waals surface area contributed by atoms with Crippen molar-refractivity contribution in [3.8, 4) is 6.07 Å². The van der Waals surface area contributed by atoms with Crippen molar-refractivity contribution < 1.29 is 27.9 Å². The molecule has 2 N–H and O–H groups in total. The number of carbonyl (C=O) groups excluding carboxylic acids is 3. The molecule has 2 aromatic rings. The minimum atomic E-state index is -0.868. The van der Waals surface area contributed by atoms with Gasteiger partial charge in [0.15, 0.2) is 0 Å². The van der Waals surface area contributed by atoms with E-state index in [1.54, 1.807) is 0 Å². The number of hydrogen-bond donors (Lipinski definition) is 2. The maximum absolute atomic E-state index is 14.6. The molecule has 0 spiro atoms. The fraction of sp³-hybridized carbons (Fsp3) is 0.304. The first-order valence-corrected chi connectivity index (χ1v) is 10.7. The van der Waals surface area contributed by atoms with Crippen LogP contribution in [0.25, 0.3) is 4.85 Å². The third-order valence-corrected chi connectivity index (χ3v) is 5.85. The highest BCUT2D eigenvalue weighted by Crippen LogP contribution is 2.37. The summed E-state index contributed by atoms with van der Waals surface area (Å²) in [6, 6.07) is 8.98. The zero-order valence-corrected chi connectivity index (χ0v) is 18.0. The number of amides is 3. The van der Waals surface area contributed by atoms with Crippen LogP contribution < -0.4 is 10.6 Å². The van der Waals surface area contributed by atoms with Crippen molar-refractivity contribution in [3.63, 3.8) is 0 Å². The third kappa shape index (κ3) is 5.12. The summed E-state index contributed by atoms with van der Waals surface area (Å²) in [5, 5.41) is 5.10. The summed E-state index contributed by atoms with van der Waals surface area (Å²) in [4.78, 5) is 39.7. The Morgan fingerprint density at radius 2 is 1.94 bits per heavy atom. The van der Waals surface area contributed by atoms with E-state index in [9.17, 15) is 23.2 Å². The first kappa shape index (κ1) is 22.7. The van der Waals surface area contributed by atoms with Gasteiger partial charge in [-0.15, -0.1) is 0 Å². The molecule has 1 aliphatic carbocycles. The Kier molecular flexibility index (Phi) is 6.56. The van der Waals surface area contributed by atoms with Gasteiger partial charge in [0.05, 0.1) is 16.4 Å². The number of anilines is 1. The van der Waals surface area contributed by atoms with Gasteiger partial charge < -0.3 is 15.4 Å². The first-order chi connectivity index (χ1) is 15.8. The Hall–Kier alpha value is -3.51. The van der Waals surface area contributed by atoms with Gasteiger partial charge in [0.1, 0.15) is 23.7 Å². The molecule has 1 aliphatic heterocycles. The van der Waals surface area contributed by atoms with E-state index in [1.165, 1.54) is 24.3 Å². The molecular formula is C23H19ClF2N3O4+. The SMILES string of the molecule is O=C1CC[C@H](OC(=O)[N+]#CC2CCc3c(C(=O)Nc4ccc(F)c(Cl)c4)ccc(F)c32)CN1. The van der Waals surface area contributed by atoms with Gasteiger partial charge in [-0.2, -0.15) is 4.79 Å². The molecule has 2 aliphatic rings. The van der Waals surface area contributed by atoms with E-state index in [0.29, 0.717) is 30.5 Å². The lowest BCUT2D eigenvalue weighted by Gasteiger charge is -2.19. The van der Waals surface area contributed by atoms with Crippen LogP contribution in [0.15, 0.2) is 30.3 Å². The number of fused-ring (bicyclic) bond motifs is 1. The smallest absolute Gasteiger partial charge is 0.393 e. The summed E-state index contributed by atoms with van der Waals surface area (Å²) in [5.41, 5.74) is 1.31. The highest BCUT2D eigenvalue weighted by Gasteiger charge is 2.33. The number of benzene rings is 2. The molecule has 33 heavy (non-hydrogen) atoms. The van der Waals surface area contributed by atoms with Gasteiger partial charge in [-0.25, -0.2) is 8.78 Å². The molecule has 1 heterocycles. The maximum Gasteiger partial charge on any atom is 0.728 e. The highest BCUT2D eigenvalue weighted by atomic mass is 35.5. The predicted molar refractivity (Wildman–Crippen MR) is 117 cm³/mol. The van der Waals surface area contributed by atoms with Gasteiger partial charge in [0.2, 0.25) is 5.91 Å². The second kappa shape index (κ2) is 9.55. The van der Waals surface area contributed by atoms with Gasteiger partial charge >= 0.3 is 6.09 Å². The molecule has 0 bridgehead atoms. The molecule has 1 unspecified atom stereocenters. The summed E-state index contributed by atoms with van der Waals surface area (Å²) < 4.78 is 33.2. The van der Waals surface area contributed by atoms with Crippen molar-refractivity contribution in [1.29, 1.82) is 0 Å². The zero-order valence-electron chi connectivity index (χ0n) is 17.3. The van der Waals surface area contributed by atoms with E-state index in [-0.39, 0.29) is 35.0 Å². The quantitative estimate of drug-likeness (QED) is 0.677. The van der Waals surface area contributed by atoms with Crippen molar-refractivity contribution >= 4 is 35.2 Å². The van der Waals surface area contributed by atoms with Crippen LogP contribution in [-0.2, 0) is 16.0 Å². The molecule has 4 rings (SSSR count). The van der Waals surface area contributed by atoms with E-state index in [2.05, 4.69) is 21.5 Å². The number of nitrogens with zero attached hydrogens (tertiary/aromatic N) is 1. The Bertz CT molecular complexity index is 1200. The molecule has 1 saturated heterocycles. The van der Waals surface area contributed by atoms with Crippen LogP contribution in [0, 0.1) is 17.7 Å². The lowest BCUT2D eigenvalue weighted by molar-refractivity contribution is -0.123. The molecule has 0 saturated carbocycles. The predicted octanol–water partition coefficient (Wildman–Crippen LogP) is 4.65. The van der Waals surface area contributed by atoms with Crippen molar-refractivity contribution in [2.45, 2.75) is 37.7 Å². The lowest BCUT2D eigenvalue weighted by Crippen LogP contribution is -2.39. The molecule has 2 atom stereocenters. The van der Waals surface area contributed by atoms with Gasteiger partial charge in [-0.1, -0.05) is 11.6 Å². The van der Waals surface area contributed by atoms with Gasteiger partial charge in [0, 0.05) is 23.2 Å². The fourth-order valence-electron chi connectivity index (χ4n) is 3.94. The van der Waals surface area contributed by atoms with Crippen LogP contribution in [0.2, 0.25) is 5.02 Å². The largest absolute Gasteiger partial charge is 0.728 e. The van der Waals surface area contributed by atoms with Crippen LogP contribution in [0.5, 0.6) is 0 Å². The number of ether oxygens (including phenoxy) is 1. The second-order valence-corrected chi connectivity index (χ2v) is 8.16. The number of piperidine rings is 1. The van der Waals surface area contributed by atoms with Crippen molar-refractivity contribution in [2.75, 3.05) is 11.9 Å². The van der Waals surface area contributed by atoms with E-state index in [4.69, 9.17) is 16.3 Å². The van der Waals surface area contributed by atoms with Crippen LogP contribution in [0.4, 0.5) is 19.3 Å². The Morgan fingerprint density at radius 3 is 2.67 bits per heavy atom. The van der Waals surface area contributed by atoms with Gasteiger partial charge in [0.25, 0.3) is 12.0 Å². The molecule has 2 aromatic carbocycles. The van der Waals surface area contributed by atoms with Crippen molar-refractivity contribution in [3.05, 3.63) is 68.5 Å². The zero-order chi connectivity index (χ0) is 23.5. The van der Waals surface area contributed by atoms with Crippen molar-refractivity contribution in [1.82, 2.24) is 5.32 Å². The summed E-state index contributed by atoms with van der Waals surface area (Å²) >= 11 is 5.75. The first-order valence-electron chi connectivity index (χ1n) is 10.3. The van der Waals surface area contributed by atoms with Crippen LogP contribution in [0.1, 0.15) is 46.7 Å². The van der Waals surface area contributed by atoms with E-state index in [0.717, 1.165) is 6.07 Å². The Balaban J connectivity index is 1.48. The lowest BCUT2D eigenvalue weighted by atomic mass is 9.98. The Morgan fingerprint density at radius 1 is 1.15 bits per heavy atom. The van der Waals surface area contributed by atoms with E-state index >= 15 is 0 Å². The molecule has 0 aromatic heterocycles. The van der Waals surface area contributed by atoms with Crippen LogP contribution >= 0.6 is 11.6 Å². The molecule has 1 fully saturated rings. The molecule has 7 nitrogen and oxygen atoms in total. The third-order valence-electron chi connectivity index (χ3n) is 5.56. The van der Waals surface area contributed by atoms with Crippen LogP contribution in [0.3, 0.4) is 0 Å². The maximum atomic E-state index is 14.6. The normalized spacial score (nSPS) is 19.1. The summed E-state index contributed by atoms with van der Waals surface area (Å²) in [7, 11) is 0. The number of rotatable bonds is 3. The van der Waals surface area contributed by atoms with Gasteiger partial charge in [-0.3, -0.25) is 9.59 Å². The molecule has 170 valence electrons. The standard InChI is InChI=1S/C23H18ClF2N3O4/c24-17-9-13(2-6-18(17)25)29-22(31)16-5-7-19(26)21-12(1-4-15(16)21)10-28-23(32)33-14-3-8-20(30)27-11-14/h2,5-7,9,12,14H,1,3-4,8,11H2,(H-,27,29,30,31)/p+1/t12?,14-/m0/s1. The second-order valence-electron chi connectivity index (χ2n) is 7.75. The molecule has 0 radical (unpaired) electrons. The summed E-state index contributed by atoms with van der Waals surface area (Å²) in [5.74, 6) is -2.35. The molecule has 3 amide bonds. The number of nitrogens with one attached hydrogen (secondary N) is 2. The summed E-state index contributed by atoms with van der Waals surface area (Å²) in [6.45, 7) is 0.221. The van der Waals surface area contributed by atoms with Gasteiger partial charge in [-0.05, 0) is 55.2 Å². The number of halogens is 3. The minimum Gasteiger partial charge on any atom is -0.393 e. The average Bonchev–Trinajstić information content (AvgIpc) is 3.21. The number of carbonyl (C=O) groups is 3. The molecular weight excluding hydrogens is 456 g/mol. The minimum absolute atomic E-state index is 0.0993. The highest BCUT2D eigenvalue weighted by molar-refractivity contribution is 6.31. The Labute approximate surface area is 192 Å². The average molecular weight is 475 g/mol. The monoisotopic (exact) mass is 474 g/mol. The topological polar surface area (TPSA) is 88.9 Å². The molecule has 10 heteroatoms. The summed E-state index contributed by atoms with van der Waals surface area (Å²) in [6.07, 6.45) is 0.134.